The van der Waals surface area contributed by atoms with Gasteiger partial charge in [-0.1, -0.05) is 13.0 Å². The predicted octanol–water partition coefficient (Wildman–Crippen LogP) is 4.39. The molecule has 0 aromatic heterocycles. The maximum absolute atomic E-state index is 13.1. The lowest BCUT2D eigenvalue weighted by atomic mass is 10.1. The van der Waals surface area contributed by atoms with Gasteiger partial charge in [0.1, 0.15) is 0 Å². The first kappa shape index (κ1) is 14.9. The molecule has 2 rings (SSSR count). The second kappa shape index (κ2) is 5.83. The quantitative estimate of drug-likeness (QED) is 0.746. The minimum Gasteiger partial charge on any atom is -0.369 e. The number of hydrogen-bond acceptors (Lipinski definition) is 2. The smallest absolute Gasteiger partial charge is 0.369 e. The highest BCUT2D eigenvalue weighted by Gasteiger charge is 2.35. The Balaban J connectivity index is 2.38. The number of benzene rings is 1. The van der Waals surface area contributed by atoms with Crippen molar-refractivity contribution in [3.63, 3.8) is 0 Å². The molecule has 1 aliphatic rings. The monoisotopic (exact) mass is 309 g/mol. The van der Waals surface area contributed by atoms with E-state index >= 15 is 0 Å². The average molecular weight is 310 g/mol. The second-order valence-electron chi connectivity index (χ2n) is 4.61. The van der Waals surface area contributed by atoms with Gasteiger partial charge in [0.05, 0.1) is 5.56 Å². The third kappa shape index (κ3) is 3.51. The Labute approximate surface area is 120 Å². The summed E-state index contributed by atoms with van der Waals surface area (Å²) in [5.41, 5.74) is 0.190. The van der Waals surface area contributed by atoms with Crippen LogP contribution in [0.25, 0.3) is 0 Å². The van der Waals surface area contributed by atoms with E-state index in [9.17, 15) is 13.2 Å². The number of nitrogens with zero attached hydrogens (tertiary/aromatic N) is 1. The Bertz CT molecular complexity index is 450. The Morgan fingerprint density at radius 2 is 2.16 bits per heavy atom. The van der Waals surface area contributed by atoms with Gasteiger partial charge in [0, 0.05) is 35.7 Å². The van der Waals surface area contributed by atoms with E-state index in [4.69, 9.17) is 11.6 Å². The summed E-state index contributed by atoms with van der Waals surface area (Å²) in [6, 6.07) is 4.38. The molecule has 0 aliphatic carbocycles. The van der Waals surface area contributed by atoms with E-state index in [-0.39, 0.29) is 11.6 Å². The van der Waals surface area contributed by atoms with E-state index in [1.54, 1.807) is 23.9 Å². The first-order valence-electron chi connectivity index (χ1n) is 6.04. The number of halogens is 4. The number of rotatable bonds is 2. The maximum atomic E-state index is 13.1. The third-order valence-corrected chi connectivity index (χ3v) is 4.55. The van der Waals surface area contributed by atoms with Crippen LogP contribution in [-0.2, 0) is 12.1 Å². The second-order valence-corrected chi connectivity index (χ2v) is 6.42. The summed E-state index contributed by atoms with van der Waals surface area (Å²) in [4.78, 5) is 1.82. The average Bonchev–Trinajstić information content (AvgIpc) is 2.37. The van der Waals surface area contributed by atoms with Crippen molar-refractivity contribution in [3.8, 4) is 0 Å². The molecule has 0 N–H and O–H groups in total. The molecule has 0 saturated carbocycles. The van der Waals surface area contributed by atoms with Crippen LogP contribution in [0, 0.1) is 0 Å². The van der Waals surface area contributed by atoms with Crippen molar-refractivity contribution in [1.29, 1.82) is 0 Å². The van der Waals surface area contributed by atoms with E-state index in [2.05, 4.69) is 0 Å². The fourth-order valence-electron chi connectivity index (χ4n) is 2.21. The van der Waals surface area contributed by atoms with Crippen LogP contribution in [-0.4, -0.2) is 24.1 Å². The van der Waals surface area contributed by atoms with Crippen molar-refractivity contribution >= 4 is 29.1 Å². The van der Waals surface area contributed by atoms with Crippen molar-refractivity contribution in [2.45, 2.75) is 24.2 Å². The summed E-state index contributed by atoms with van der Waals surface area (Å²) in [7, 11) is 0. The van der Waals surface area contributed by atoms with Gasteiger partial charge in [0.2, 0.25) is 0 Å². The van der Waals surface area contributed by atoms with Crippen molar-refractivity contribution in [2.24, 2.45) is 0 Å². The van der Waals surface area contributed by atoms with E-state index in [0.717, 1.165) is 11.8 Å². The van der Waals surface area contributed by atoms with Crippen LogP contribution in [0.15, 0.2) is 18.2 Å². The number of alkyl halides is 4. The minimum absolute atomic E-state index is 0.0929. The fraction of sp³-hybridized carbons (Fsp3) is 0.538. The van der Waals surface area contributed by atoms with Gasteiger partial charge < -0.3 is 4.90 Å². The predicted molar refractivity (Wildman–Crippen MR) is 75.1 cm³/mol. The van der Waals surface area contributed by atoms with Crippen molar-refractivity contribution in [3.05, 3.63) is 29.3 Å². The van der Waals surface area contributed by atoms with Crippen molar-refractivity contribution in [2.75, 3.05) is 23.7 Å². The maximum Gasteiger partial charge on any atom is 0.418 e. The molecule has 0 amide bonds. The Kier molecular flexibility index (Phi) is 4.56. The zero-order valence-electron chi connectivity index (χ0n) is 10.5. The normalized spacial score (nSPS) is 20.7. The Morgan fingerprint density at radius 1 is 1.42 bits per heavy atom. The molecule has 1 atom stereocenters. The first-order chi connectivity index (χ1) is 8.91. The van der Waals surface area contributed by atoms with Gasteiger partial charge in [-0.15, -0.1) is 11.6 Å². The van der Waals surface area contributed by atoms with Crippen LogP contribution in [0.2, 0.25) is 0 Å². The lowest BCUT2D eigenvalue weighted by Crippen LogP contribution is -2.37. The number of anilines is 1. The summed E-state index contributed by atoms with van der Waals surface area (Å²) < 4.78 is 39.4. The molecule has 0 bridgehead atoms. The SMILES string of the molecule is CC1CN(c2ccc(CCl)cc2C(F)(F)F)CCS1. The topological polar surface area (TPSA) is 3.24 Å². The molecule has 1 saturated heterocycles. The lowest BCUT2D eigenvalue weighted by Gasteiger charge is -2.34. The summed E-state index contributed by atoms with van der Waals surface area (Å²) in [5, 5.41) is 0.350. The molecule has 1 fully saturated rings. The van der Waals surface area contributed by atoms with E-state index in [1.807, 2.05) is 11.8 Å². The summed E-state index contributed by atoms with van der Waals surface area (Å²) in [6.07, 6.45) is -4.34. The van der Waals surface area contributed by atoms with Gasteiger partial charge in [0.15, 0.2) is 0 Å². The van der Waals surface area contributed by atoms with Crippen molar-refractivity contribution in [1.82, 2.24) is 0 Å². The van der Waals surface area contributed by atoms with Crippen LogP contribution in [0.5, 0.6) is 0 Å². The molecule has 6 heteroatoms. The molecular weight excluding hydrogens is 295 g/mol. The van der Waals surface area contributed by atoms with Gasteiger partial charge in [-0.05, 0) is 17.7 Å². The molecule has 0 spiro atoms. The summed E-state index contributed by atoms with van der Waals surface area (Å²) >= 11 is 7.42. The van der Waals surface area contributed by atoms with Crippen LogP contribution in [0.1, 0.15) is 18.1 Å². The van der Waals surface area contributed by atoms with Gasteiger partial charge in [-0.25, -0.2) is 0 Å². The number of thioether (sulfide) groups is 1. The molecule has 1 heterocycles. The van der Waals surface area contributed by atoms with Crippen LogP contribution < -0.4 is 4.90 Å². The minimum atomic E-state index is -4.34. The molecule has 1 nitrogen and oxygen atoms in total. The van der Waals surface area contributed by atoms with Crippen LogP contribution >= 0.6 is 23.4 Å². The van der Waals surface area contributed by atoms with E-state index in [0.29, 0.717) is 23.9 Å². The molecule has 1 aliphatic heterocycles. The molecule has 0 radical (unpaired) electrons. The van der Waals surface area contributed by atoms with E-state index in [1.165, 1.54) is 0 Å². The number of hydrogen-bond donors (Lipinski definition) is 0. The lowest BCUT2D eigenvalue weighted by molar-refractivity contribution is -0.137. The van der Waals surface area contributed by atoms with Crippen LogP contribution in [0.3, 0.4) is 0 Å². The molecule has 19 heavy (non-hydrogen) atoms. The first-order valence-corrected chi connectivity index (χ1v) is 7.63. The molecule has 1 aromatic rings. The highest BCUT2D eigenvalue weighted by atomic mass is 35.5. The molecular formula is C13H15ClF3NS. The third-order valence-electron chi connectivity index (χ3n) is 3.10. The standard InChI is InChI=1S/C13H15ClF3NS/c1-9-8-18(4-5-19-9)12-3-2-10(7-14)6-11(12)13(15,16)17/h2-3,6,9H,4-5,7-8H2,1H3. The largest absolute Gasteiger partial charge is 0.418 e. The van der Waals surface area contributed by atoms with Crippen molar-refractivity contribution < 1.29 is 13.2 Å². The van der Waals surface area contributed by atoms with Crippen LogP contribution in [0.4, 0.5) is 18.9 Å². The Morgan fingerprint density at radius 3 is 2.74 bits per heavy atom. The molecule has 1 unspecified atom stereocenters. The summed E-state index contributed by atoms with van der Waals surface area (Å²) in [5.74, 6) is 0.950. The van der Waals surface area contributed by atoms with Gasteiger partial charge >= 0.3 is 6.18 Å². The molecule has 106 valence electrons. The Hall–Kier alpha value is -0.550. The van der Waals surface area contributed by atoms with E-state index < -0.39 is 11.7 Å². The highest BCUT2D eigenvalue weighted by molar-refractivity contribution is 8.00. The van der Waals surface area contributed by atoms with Gasteiger partial charge in [-0.3, -0.25) is 0 Å². The zero-order valence-corrected chi connectivity index (χ0v) is 12.1. The molecule has 1 aromatic carbocycles. The zero-order chi connectivity index (χ0) is 14.0. The fourth-order valence-corrected chi connectivity index (χ4v) is 3.39. The van der Waals surface area contributed by atoms with Gasteiger partial charge in [-0.2, -0.15) is 24.9 Å². The summed E-state index contributed by atoms with van der Waals surface area (Å²) in [6.45, 7) is 3.34. The highest BCUT2D eigenvalue weighted by Crippen LogP contribution is 2.38. The van der Waals surface area contributed by atoms with Gasteiger partial charge in [0.25, 0.3) is 0 Å².